The number of carbonyl (C=O) groups excluding carboxylic acids is 1. The van der Waals surface area contributed by atoms with Crippen LogP contribution in [0.5, 0.6) is 11.5 Å². The number of hydrogen-bond donors (Lipinski definition) is 0. The quantitative estimate of drug-likeness (QED) is 0.239. The van der Waals surface area contributed by atoms with Gasteiger partial charge in [-0.15, -0.1) is 0 Å². The summed E-state index contributed by atoms with van der Waals surface area (Å²) in [5.41, 5.74) is 8.62. The van der Waals surface area contributed by atoms with Gasteiger partial charge in [-0.25, -0.2) is 0 Å². The lowest BCUT2D eigenvalue weighted by molar-refractivity contribution is 0.112. The Labute approximate surface area is 98.8 Å². The third-order valence-electron chi connectivity index (χ3n) is 2.05. The molecule has 0 fully saturated rings. The van der Waals surface area contributed by atoms with Gasteiger partial charge in [0.05, 0.1) is 13.7 Å². The van der Waals surface area contributed by atoms with Crippen molar-refractivity contribution in [2.24, 2.45) is 5.11 Å². The molecule has 90 valence electrons. The first-order valence-corrected chi connectivity index (χ1v) is 5.08. The number of benzene rings is 1. The van der Waals surface area contributed by atoms with Gasteiger partial charge < -0.3 is 9.47 Å². The highest BCUT2D eigenvalue weighted by atomic mass is 16.5. The molecule has 0 radical (unpaired) electrons. The first-order chi connectivity index (χ1) is 8.31. The van der Waals surface area contributed by atoms with E-state index in [9.17, 15) is 4.79 Å². The molecule has 0 aliphatic rings. The fourth-order valence-electron chi connectivity index (χ4n) is 1.24. The van der Waals surface area contributed by atoms with Crippen molar-refractivity contribution in [3.05, 3.63) is 34.2 Å². The van der Waals surface area contributed by atoms with Gasteiger partial charge in [-0.2, -0.15) is 0 Å². The molecule has 0 saturated heterocycles. The predicted octanol–water partition coefficient (Wildman–Crippen LogP) is 2.59. The molecule has 0 unspecified atom stereocenters. The Morgan fingerprint density at radius 3 is 2.94 bits per heavy atom. The molecular formula is C11H13N3O3. The van der Waals surface area contributed by atoms with Crippen LogP contribution in [0.15, 0.2) is 23.3 Å². The molecule has 0 aliphatic carbocycles. The zero-order chi connectivity index (χ0) is 12.5. The summed E-state index contributed by atoms with van der Waals surface area (Å²) < 4.78 is 10.6. The summed E-state index contributed by atoms with van der Waals surface area (Å²) in [4.78, 5) is 13.2. The van der Waals surface area contributed by atoms with Gasteiger partial charge in [-0.05, 0) is 30.2 Å². The van der Waals surface area contributed by atoms with E-state index in [4.69, 9.17) is 15.0 Å². The fourth-order valence-corrected chi connectivity index (χ4v) is 1.24. The molecule has 1 aromatic carbocycles. The van der Waals surface area contributed by atoms with Crippen LogP contribution in [0.1, 0.15) is 16.8 Å². The number of carbonyl (C=O) groups is 1. The van der Waals surface area contributed by atoms with Crippen LogP contribution >= 0.6 is 0 Å². The molecule has 0 saturated carbocycles. The molecule has 1 rings (SSSR count). The van der Waals surface area contributed by atoms with Crippen molar-refractivity contribution in [1.82, 2.24) is 0 Å². The smallest absolute Gasteiger partial charge is 0.161 e. The van der Waals surface area contributed by atoms with Gasteiger partial charge in [0.1, 0.15) is 6.29 Å². The van der Waals surface area contributed by atoms with Crippen LogP contribution in [0.2, 0.25) is 0 Å². The Kier molecular flexibility index (Phi) is 5.40. The standard InChI is InChI=1S/C11H13N3O3/c1-16-11-7-9(8-15)3-4-10(11)17-6-2-5-13-14-12/h3-4,7-8H,2,5-6H2,1H3. The highest BCUT2D eigenvalue weighted by Crippen LogP contribution is 2.27. The second-order valence-electron chi connectivity index (χ2n) is 3.18. The second kappa shape index (κ2) is 7.14. The molecule has 0 aromatic heterocycles. The molecule has 0 bridgehead atoms. The molecule has 0 amide bonds. The van der Waals surface area contributed by atoms with Crippen LogP contribution in [0, 0.1) is 0 Å². The molecule has 6 nitrogen and oxygen atoms in total. The molecular weight excluding hydrogens is 222 g/mol. The van der Waals surface area contributed by atoms with E-state index in [0.29, 0.717) is 36.6 Å². The third kappa shape index (κ3) is 4.04. The molecule has 0 aliphatic heterocycles. The van der Waals surface area contributed by atoms with E-state index < -0.39 is 0 Å². The largest absolute Gasteiger partial charge is 0.493 e. The topological polar surface area (TPSA) is 84.3 Å². The molecule has 17 heavy (non-hydrogen) atoms. The predicted molar refractivity (Wildman–Crippen MR) is 62.5 cm³/mol. The van der Waals surface area contributed by atoms with Gasteiger partial charge in [0.25, 0.3) is 0 Å². The monoisotopic (exact) mass is 235 g/mol. The zero-order valence-electron chi connectivity index (χ0n) is 9.50. The van der Waals surface area contributed by atoms with E-state index in [1.165, 1.54) is 7.11 Å². The molecule has 1 aromatic rings. The Bertz CT molecular complexity index is 428. The number of nitrogens with zero attached hydrogens (tertiary/aromatic N) is 3. The first-order valence-electron chi connectivity index (χ1n) is 5.08. The van der Waals surface area contributed by atoms with Crippen LogP contribution < -0.4 is 9.47 Å². The summed E-state index contributed by atoms with van der Waals surface area (Å²) in [7, 11) is 1.51. The van der Waals surface area contributed by atoms with Crippen molar-refractivity contribution in [2.75, 3.05) is 20.3 Å². The summed E-state index contributed by atoms with van der Waals surface area (Å²) in [6.07, 6.45) is 1.37. The van der Waals surface area contributed by atoms with Gasteiger partial charge in [0, 0.05) is 17.0 Å². The van der Waals surface area contributed by atoms with Crippen LogP contribution in [0.25, 0.3) is 10.4 Å². The Hall–Kier alpha value is -2.20. The van der Waals surface area contributed by atoms with Crippen LogP contribution in [0.4, 0.5) is 0 Å². The van der Waals surface area contributed by atoms with Crippen LogP contribution in [-0.4, -0.2) is 26.5 Å². The van der Waals surface area contributed by atoms with Gasteiger partial charge in [-0.1, -0.05) is 5.11 Å². The van der Waals surface area contributed by atoms with Crippen molar-refractivity contribution < 1.29 is 14.3 Å². The number of methoxy groups -OCH3 is 1. The Balaban J connectivity index is 2.57. The fraction of sp³-hybridized carbons (Fsp3) is 0.364. The zero-order valence-corrected chi connectivity index (χ0v) is 9.50. The maximum absolute atomic E-state index is 10.6. The maximum atomic E-state index is 10.6. The molecule has 6 heteroatoms. The molecule has 0 heterocycles. The van der Waals surface area contributed by atoms with Gasteiger partial charge in [0.15, 0.2) is 11.5 Å². The highest BCUT2D eigenvalue weighted by molar-refractivity contribution is 5.76. The van der Waals surface area contributed by atoms with E-state index in [-0.39, 0.29) is 0 Å². The third-order valence-corrected chi connectivity index (χ3v) is 2.05. The van der Waals surface area contributed by atoms with Gasteiger partial charge in [-0.3, -0.25) is 4.79 Å². The minimum atomic E-state index is 0.394. The lowest BCUT2D eigenvalue weighted by Crippen LogP contribution is -2.01. The number of azide groups is 1. The van der Waals surface area contributed by atoms with Gasteiger partial charge >= 0.3 is 0 Å². The van der Waals surface area contributed by atoms with E-state index >= 15 is 0 Å². The molecule has 0 atom stereocenters. The Morgan fingerprint density at radius 1 is 1.47 bits per heavy atom. The van der Waals surface area contributed by atoms with Crippen molar-refractivity contribution >= 4 is 6.29 Å². The average Bonchev–Trinajstić information content (AvgIpc) is 2.38. The minimum absolute atomic E-state index is 0.394. The second-order valence-corrected chi connectivity index (χ2v) is 3.18. The van der Waals surface area contributed by atoms with E-state index in [0.717, 1.165) is 6.29 Å². The van der Waals surface area contributed by atoms with Crippen molar-refractivity contribution in [3.8, 4) is 11.5 Å². The van der Waals surface area contributed by atoms with E-state index in [1.54, 1.807) is 18.2 Å². The number of hydrogen-bond acceptors (Lipinski definition) is 4. The molecule has 0 spiro atoms. The normalized spacial score (nSPS) is 9.24. The number of ether oxygens (including phenoxy) is 2. The first kappa shape index (κ1) is 12.9. The number of rotatable bonds is 7. The van der Waals surface area contributed by atoms with E-state index in [2.05, 4.69) is 10.0 Å². The maximum Gasteiger partial charge on any atom is 0.161 e. The van der Waals surface area contributed by atoms with Crippen molar-refractivity contribution in [2.45, 2.75) is 6.42 Å². The lowest BCUT2D eigenvalue weighted by atomic mass is 10.2. The summed E-state index contributed by atoms with van der Waals surface area (Å²) in [6.45, 7) is 0.820. The van der Waals surface area contributed by atoms with Gasteiger partial charge in [0.2, 0.25) is 0 Å². The van der Waals surface area contributed by atoms with Crippen LogP contribution in [-0.2, 0) is 0 Å². The van der Waals surface area contributed by atoms with Crippen molar-refractivity contribution in [3.63, 3.8) is 0 Å². The summed E-state index contributed by atoms with van der Waals surface area (Å²) in [5.74, 6) is 1.08. The highest BCUT2D eigenvalue weighted by Gasteiger charge is 2.04. The lowest BCUT2D eigenvalue weighted by Gasteiger charge is -2.10. The van der Waals surface area contributed by atoms with E-state index in [1.807, 2.05) is 0 Å². The summed E-state index contributed by atoms with van der Waals surface area (Å²) >= 11 is 0. The number of aldehydes is 1. The average molecular weight is 235 g/mol. The SMILES string of the molecule is COc1cc(C=O)ccc1OCCCN=[N+]=[N-]. The Morgan fingerprint density at radius 2 is 2.29 bits per heavy atom. The summed E-state index contributed by atoms with van der Waals surface area (Å²) in [6, 6.07) is 4.93. The van der Waals surface area contributed by atoms with Crippen molar-refractivity contribution in [1.29, 1.82) is 0 Å². The van der Waals surface area contributed by atoms with Crippen LogP contribution in [0.3, 0.4) is 0 Å². The summed E-state index contributed by atoms with van der Waals surface area (Å²) in [5, 5.41) is 3.40. The molecule has 0 N–H and O–H groups in total. The minimum Gasteiger partial charge on any atom is -0.493 e.